The number of anilines is 2. The van der Waals surface area contributed by atoms with Gasteiger partial charge in [-0.15, -0.1) is 0 Å². The van der Waals surface area contributed by atoms with Crippen LogP contribution in [0, 0.1) is 0 Å². The highest BCUT2D eigenvalue weighted by molar-refractivity contribution is 6.03. The molecule has 6 unspecified atom stereocenters. The monoisotopic (exact) mass is 702 g/mol. The molecule has 4 aliphatic heterocycles. The molecule has 4 saturated heterocycles. The summed E-state index contributed by atoms with van der Waals surface area (Å²) in [4.78, 5) is 57.3. The van der Waals surface area contributed by atoms with Crippen molar-refractivity contribution in [3.05, 3.63) is 132 Å². The maximum absolute atomic E-state index is 13.6. The standard InChI is InChI=1S/C40H38N4O8/c45-35(31-33-37(47)43(29-19-9-3-10-20-29)25-39(49-31,51-33)27-15-5-1-6-16-27)41-23-13-14-24-42-36(46)32-34-38(48)44(30-21-11-4-12-22-30)26-40(50-32,52-34)28-17-7-2-8-18-28/h1-12,15-22,31-34H,13-14,23-26H2,(H,41,45)(H,42,46). The van der Waals surface area contributed by atoms with Gasteiger partial charge in [-0.1, -0.05) is 97.1 Å². The summed E-state index contributed by atoms with van der Waals surface area (Å²) < 4.78 is 25.1. The van der Waals surface area contributed by atoms with E-state index in [1.165, 1.54) is 0 Å². The second-order valence-electron chi connectivity index (χ2n) is 13.2. The van der Waals surface area contributed by atoms with Gasteiger partial charge in [-0.25, -0.2) is 0 Å². The Morgan fingerprint density at radius 1 is 0.538 bits per heavy atom. The number of unbranched alkanes of at least 4 members (excludes halogenated alkanes) is 1. The summed E-state index contributed by atoms with van der Waals surface area (Å²) in [6, 6.07) is 37.1. The number of ether oxygens (including phenoxy) is 4. The van der Waals surface area contributed by atoms with Gasteiger partial charge < -0.3 is 39.4 Å². The van der Waals surface area contributed by atoms with Gasteiger partial charge in [0.15, 0.2) is 24.4 Å². The first-order chi connectivity index (χ1) is 25.4. The third-order valence-electron chi connectivity index (χ3n) is 9.85. The van der Waals surface area contributed by atoms with Gasteiger partial charge in [0.1, 0.15) is 0 Å². The van der Waals surface area contributed by atoms with E-state index >= 15 is 0 Å². The van der Waals surface area contributed by atoms with Crippen LogP contribution in [0.3, 0.4) is 0 Å². The van der Waals surface area contributed by atoms with Gasteiger partial charge in [0, 0.05) is 35.6 Å². The summed E-state index contributed by atoms with van der Waals surface area (Å²) in [5.74, 6) is -4.20. The fraction of sp³-hybridized carbons (Fsp3) is 0.300. The van der Waals surface area contributed by atoms with Crippen LogP contribution < -0.4 is 20.4 Å². The number of fused-ring (bicyclic) bond motifs is 4. The predicted octanol–water partition coefficient (Wildman–Crippen LogP) is 3.37. The lowest BCUT2D eigenvalue weighted by atomic mass is 10.0. The summed E-state index contributed by atoms with van der Waals surface area (Å²) in [6.45, 7) is 0.755. The van der Waals surface area contributed by atoms with Crippen LogP contribution in [0.4, 0.5) is 11.4 Å². The second-order valence-corrected chi connectivity index (χ2v) is 13.2. The number of carbonyl (C=O) groups is 4. The molecule has 4 bridgehead atoms. The van der Waals surface area contributed by atoms with E-state index < -0.39 is 47.8 Å². The normalized spacial score (nSPS) is 27.8. The molecular weight excluding hydrogens is 664 g/mol. The Bertz CT molecular complexity index is 1790. The molecule has 4 heterocycles. The number of hydrogen-bond donors (Lipinski definition) is 2. The van der Waals surface area contributed by atoms with Crippen molar-refractivity contribution in [1.82, 2.24) is 10.6 Å². The van der Waals surface area contributed by atoms with Crippen LogP contribution in [-0.4, -0.2) is 74.2 Å². The first-order valence-corrected chi connectivity index (χ1v) is 17.5. The number of carbonyl (C=O) groups excluding carboxylic acids is 4. The highest BCUT2D eigenvalue weighted by Gasteiger charge is 2.61. The Kier molecular flexibility index (Phi) is 9.06. The van der Waals surface area contributed by atoms with E-state index in [1.807, 2.05) is 121 Å². The average molecular weight is 703 g/mol. The summed E-state index contributed by atoms with van der Waals surface area (Å²) in [7, 11) is 0. The molecule has 6 atom stereocenters. The predicted molar refractivity (Wildman–Crippen MR) is 189 cm³/mol. The fourth-order valence-corrected chi connectivity index (χ4v) is 7.26. The molecular formula is C40H38N4O8. The van der Waals surface area contributed by atoms with Crippen molar-refractivity contribution < 1.29 is 38.1 Å². The zero-order valence-electron chi connectivity index (χ0n) is 28.3. The Morgan fingerprint density at radius 3 is 1.25 bits per heavy atom. The van der Waals surface area contributed by atoms with Crippen molar-refractivity contribution in [3.8, 4) is 0 Å². The van der Waals surface area contributed by atoms with Crippen molar-refractivity contribution in [2.75, 3.05) is 36.0 Å². The minimum Gasteiger partial charge on any atom is -0.354 e. The van der Waals surface area contributed by atoms with Gasteiger partial charge in [0.2, 0.25) is 11.6 Å². The molecule has 0 aliphatic carbocycles. The second kappa shape index (κ2) is 14.0. The van der Waals surface area contributed by atoms with Crippen LogP contribution in [-0.2, 0) is 49.7 Å². The van der Waals surface area contributed by atoms with Gasteiger partial charge in [0.05, 0.1) is 13.1 Å². The third kappa shape index (κ3) is 6.13. The fourth-order valence-electron chi connectivity index (χ4n) is 7.26. The lowest BCUT2D eigenvalue weighted by molar-refractivity contribution is -0.191. The smallest absolute Gasteiger partial charge is 0.259 e. The molecule has 4 amide bonds. The van der Waals surface area contributed by atoms with Crippen LogP contribution in [0.5, 0.6) is 0 Å². The minimum absolute atomic E-state index is 0.0960. The Balaban J connectivity index is 0.871. The molecule has 4 aromatic rings. The third-order valence-corrected chi connectivity index (χ3v) is 9.85. The molecule has 4 fully saturated rings. The van der Waals surface area contributed by atoms with Gasteiger partial charge in [-0.2, -0.15) is 0 Å². The molecule has 0 saturated carbocycles. The van der Waals surface area contributed by atoms with Gasteiger partial charge in [-0.3, -0.25) is 19.2 Å². The molecule has 2 N–H and O–H groups in total. The number of nitrogens with zero attached hydrogens (tertiary/aromatic N) is 2. The van der Waals surface area contributed by atoms with E-state index in [-0.39, 0.29) is 38.0 Å². The van der Waals surface area contributed by atoms with Crippen LogP contribution in [0.2, 0.25) is 0 Å². The molecule has 12 heteroatoms. The maximum atomic E-state index is 13.6. The Labute approximate surface area is 300 Å². The van der Waals surface area contributed by atoms with Crippen LogP contribution in [0.1, 0.15) is 24.0 Å². The van der Waals surface area contributed by atoms with Crippen molar-refractivity contribution in [2.45, 2.75) is 48.8 Å². The maximum Gasteiger partial charge on any atom is 0.259 e. The number of para-hydroxylation sites is 2. The summed E-state index contributed by atoms with van der Waals surface area (Å²) >= 11 is 0. The highest BCUT2D eigenvalue weighted by atomic mass is 16.8. The number of benzene rings is 4. The zero-order chi connectivity index (χ0) is 35.7. The molecule has 52 heavy (non-hydrogen) atoms. The summed E-state index contributed by atoms with van der Waals surface area (Å²) in [5, 5.41) is 5.76. The topological polar surface area (TPSA) is 136 Å². The van der Waals surface area contributed by atoms with Crippen molar-refractivity contribution in [2.24, 2.45) is 0 Å². The van der Waals surface area contributed by atoms with E-state index in [0.717, 1.165) is 0 Å². The van der Waals surface area contributed by atoms with E-state index in [0.29, 0.717) is 35.3 Å². The van der Waals surface area contributed by atoms with Gasteiger partial charge >= 0.3 is 0 Å². The van der Waals surface area contributed by atoms with Crippen molar-refractivity contribution in [1.29, 1.82) is 0 Å². The Hall–Kier alpha value is -5.40. The zero-order valence-corrected chi connectivity index (χ0v) is 28.3. The molecule has 8 rings (SSSR count). The molecule has 4 aromatic carbocycles. The van der Waals surface area contributed by atoms with Crippen molar-refractivity contribution in [3.63, 3.8) is 0 Å². The summed E-state index contributed by atoms with van der Waals surface area (Å²) in [6.07, 6.45) is -3.49. The number of morpholine rings is 2. The Morgan fingerprint density at radius 2 is 0.885 bits per heavy atom. The number of nitrogens with one attached hydrogen (secondary N) is 2. The van der Waals surface area contributed by atoms with Crippen molar-refractivity contribution >= 4 is 35.0 Å². The summed E-state index contributed by atoms with van der Waals surface area (Å²) in [5.41, 5.74) is 2.81. The van der Waals surface area contributed by atoms with E-state index in [2.05, 4.69) is 10.6 Å². The van der Waals surface area contributed by atoms with E-state index in [1.54, 1.807) is 9.80 Å². The average Bonchev–Trinajstić information content (AvgIpc) is 3.72. The van der Waals surface area contributed by atoms with Crippen LogP contribution >= 0.6 is 0 Å². The number of hydrogen-bond acceptors (Lipinski definition) is 8. The minimum atomic E-state index is -1.30. The first kappa shape index (κ1) is 33.7. The highest BCUT2D eigenvalue weighted by Crippen LogP contribution is 2.45. The molecule has 0 radical (unpaired) electrons. The van der Waals surface area contributed by atoms with Crippen LogP contribution in [0.25, 0.3) is 0 Å². The lowest BCUT2D eigenvalue weighted by Gasteiger charge is -2.38. The van der Waals surface area contributed by atoms with E-state index in [4.69, 9.17) is 18.9 Å². The van der Waals surface area contributed by atoms with Gasteiger partial charge in [0.25, 0.3) is 23.6 Å². The molecule has 12 nitrogen and oxygen atoms in total. The quantitative estimate of drug-likeness (QED) is 0.227. The van der Waals surface area contributed by atoms with Gasteiger partial charge in [-0.05, 0) is 37.1 Å². The number of rotatable bonds is 11. The first-order valence-electron chi connectivity index (χ1n) is 17.5. The SMILES string of the molecule is O=C(NCCCCNC(=O)C1OC2(c3ccccc3)CN(c3ccccc3)C(=O)C1O2)C1OC2(c3ccccc3)CN(c3ccccc3)C(=O)C1O2. The molecule has 4 aliphatic rings. The van der Waals surface area contributed by atoms with Crippen LogP contribution in [0.15, 0.2) is 121 Å². The van der Waals surface area contributed by atoms with E-state index in [9.17, 15) is 19.2 Å². The number of amides is 4. The molecule has 266 valence electrons. The largest absolute Gasteiger partial charge is 0.354 e. The molecule has 0 aromatic heterocycles. The molecule has 0 spiro atoms. The lowest BCUT2D eigenvalue weighted by Crippen LogP contribution is -2.54.